The molecule has 4 rings (SSSR count). The van der Waals surface area contributed by atoms with E-state index in [-0.39, 0.29) is 17.6 Å². The molecule has 1 aliphatic heterocycles. The Kier molecular flexibility index (Phi) is 5.94. The highest BCUT2D eigenvalue weighted by Gasteiger charge is 2.21. The van der Waals surface area contributed by atoms with E-state index in [1.807, 2.05) is 23.1 Å². The molecule has 0 unspecified atom stereocenters. The number of fused-ring (bicyclic) bond motifs is 1. The van der Waals surface area contributed by atoms with Crippen molar-refractivity contribution in [3.8, 4) is 0 Å². The lowest BCUT2D eigenvalue weighted by Gasteiger charge is -2.36. The van der Waals surface area contributed by atoms with Crippen LogP contribution in [0.5, 0.6) is 0 Å². The van der Waals surface area contributed by atoms with Crippen molar-refractivity contribution < 1.29 is 14.0 Å². The van der Waals surface area contributed by atoms with E-state index in [1.165, 1.54) is 23.5 Å². The SMILES string of the molecule is CCC(=O)Nc1nc2ccc(CC(=O)N3CCN(c4ccc(F)cc4)CC3)cc2s1. The van der Waals surface area contributed by atoms with Crippen molar-refractivity contribution in [2.75, 3.05) is 36.4 Å². The number of thiazole rings is 1. The topological polar surface area (TPSA) is 65.5 Å². The van der Waals surface area contributed by atoms with Gasteiger partial charge in [0.2, 0.25) is 11.8 Å². The van der Waals surface area contributed by atoms with Crippen LogP contribution in [0, 0.1) is 5.82 Å². The van der Waals surface area contributed by atoms with E-state index in [0.717, 1.165) is 34.6 Å². The Morgan fingerprint density at radius 3 is 2.53 bits per heavy atom. The zero-order valence-corrected chi connectivity index (χ0v) is 17.5. The van der Waals surface area contributed by atoms with E-state index in [1.54, 1.807) is 19.1 Å². The predicted octanol–water partition coefficient (Wildman–Crippen LogP) is 3.68. The van der Waals surface area contributed by atoms with Crippen LogP contribution in [0.3, 0.4) is 0 Å². The molecule has 8 heteroatoms. The molecule has 30 heavy (non-hydrogen) atoms. The molecule has 0 radical (unpaired) electrons. The highest BCUT2D eigenvalue weighted by Crippen LogP contribution is 2.27. The van der Waals surface area contributed by atoms with Crippen molar-refractivity contribution in [1.29, 1.82) is 0 Å². The second kappa shape index (κ2) is 8.79. The molecular formula is C22H23FN4O2S. The van der Waals surface area contributed by atoms with Gasteiger partial charge in [0.25, 0.3) is 0 Å². The van der Waals surface area contributed by atoms with Crippen LogP contribution in [0.2, 0.25) is 0 Å². The molecule has 1 aliphatic rings. The van der Waals surface area contributed by atoms with Crippen molar-refractivity contribution in [1.82, 2.24) is 9.88 Å². The largest absolute Gasteiger partial charge is 0.368 e. The van der Waals surface area contributed by atoms with E-state index in [4.69, 9.17) is 0 Å². The van der Waals surface area contributed by atoms with Crippen LogP contribution in [0.1, 0.15) is 18.9 Å². The van der Waals surface area contributed by atoms with Crippen LogP contribution in [-0.2, 0) is 16.0 Å². The highest BCUT2D eigenvalue weighted by atomic mass is 32.1. The van der Waals surface area contributed by atoms with E-state index in [2.05, 4.69) is 15.2 Å². The van der Waals surface area contributed by atoms with Gasteiger partial charge in [-0.1, -0.05) is 24.3 Å². The first-order valence-electron chi connectivity index (χ1n) is 9.99. The molecule has 0 saturated carbocycles. The number of anilines is 2. The lowest BCUT2D eigenvalue weighted by molar-refractivity contribution is -0.130. The maximum absolute atomic E-state index is 13.1. The van der Waals surface area contributed by atoms with Gasteiger partial charge in [-0.3, -0.25) is 9.59 Å². The number of halogens is 1. The fraction of sp³-hybridized carbons (Fsp3) is 0.318. The fourth-order valence-electron chi connectivity index (χ4n) is 3.49. The molecule has 2 aromatic carbocycles. The van der Waals surface area contributed by atoms with Crippen molar-refractivity contribution in [2.45, 2.75) is 19.8 Å². The van der Waals surface area contributed by atoms with Gasteiger partial charge in [0.15, 0.2) is 5.13 Å². The van der Waals surface area contributed by atoms with E-state index >= 15 is 0 Å². The average molecular weight is 427 g/mol. The molecule has 2 heterocycles. The molecule has 6 nitrogen and oxygen atoms in total. The summed E-state index contributed by atoms with van der Waals surface area (Å²) in [6.45, 7) is 4.54. The zero-order chi connectivity index (χ0) is 21.1. The summed E-state index contributed by atoms with van der Waals surface area (Å²) in [4.78, 5) is 32.8. The lowest BCUT2D eigenvalue weighted by atomic mass is 10.1. The van der Waals surface area contributed by atoms with Gasteiger partial charge in [-0.25, -0.2) is 9.37 Å². The number of benzene rings is 2. The minimum absolute atomic E-state index is 0.0655. The molecule has 0 aliphatic carbocycles. The van der Waals surface area contributed by atoms with Gasteiger partial charge in [0.1, 0.15) is 5.82 Å². The maximum Gasteiger partial charge on any atom is 0.227 e. The van der Waals surface area contributed by atoms with Gasteiger partial charge < -0.3 is 15.1 Å². The first-order chi connectivity index (χ1) is 14.5. The molecule has 0 spiro atoms. The molecular weight excluding hydrogens is 403 g/mol. The standard InChI is InChI=1S/C22H23FN4O2S/c1-2-20(28)25-22-24-18-8-3-15(13-19(18)30-22)14-21(29)27-11-9-26(10-12-27)17-6-4-16(23)5-7-17/h3-8,13H,2,9-12,14H2,1H3,(H,24,25,28). The Morgan fingerprint density at radius 2 is 1.83 bits per heavy atom. The average Bonchev–Trinajstić information content (AvgIpc) is 3.15. The highest BCUT2D eigenvalue weighted by molar-refractivity contribution is 7.22. The van der Waals surface area contributed by atoms with Crippen LogP contribution in [0.4, 0.5) is 15.2 Å². The summed E-state index contributed by atoms with van der Waals surface area (Å²) in [5.41, 5.74) is 2.73. The Labute approximate surface area is 178 Å². The summed E-state index contributed by atoms with van der Waals surface area (Å²) in [6.07, 6.45) is 0.741. The molecule has 0 atom stereocenters. The van der Waals surface area contributed by atoms with Crippen LogP contribution in [0.25, 0.3) is 10.2 Å². The van der Waals surface area contributed by atoms with Gasteiger partial charge in [0, 0.05) is 38.3 Å². The molecule has 1 aromatic heterocycles. The molecule has 1 N–H and O–H groups in total. The Hall–Kier alpha value is -3.00. The maximum atomic E-state index is 13.1. The molecule has 1 fully saturated rings. The van der Waals surface area contributed by atoms with Crippen molar-refractivity contribution in [3.63, 3.8) is 0 Å². The summed E-state index contributed by atoms with van der Waals surface area (Å²) in [7, 11) is 0. The summed E-state index contributed by atoms with van der Waals surface area (Å²) in [5, 5.41) is 3.36. The fourth-order valence-corrected chi connectivity index (χ4v) is 4.44. The quantitative estimate of drug-likeness (QED) is 0.676. The second-order valence-corrected chi connectivity index (χ2v) is 8.27. The molecule has 156 valence electrons. The molecule has 3 aromatic rings. The molecule has 1 saturated heterocycles. The number of carbonyl (C=O) groups excluding carboxylic acids is 2. The Morgan fingerprint density at radius 1 is 1.10 bits per heavy atom. The number of nitrogens with zero attached hydrogens (tertiary/aromatic N) is 3. The van der Waals surface area contributed by atoms with E-state index < -0.39 is 0 Å². The van der Waals surface area contributed by atoms with Crippen molar-refractivity contribution in [3.05, 3.63) is 53.8 Å². The Balaban J connectivity index is 1.36. The normalized spacial score (nSPS) is 14.2. The minimum atomic E-state index is -0.245. The van der Waals surface area contributed by atoms with Gasteiger partial charge in [-0.05, 0) is 42.0 Å². The molecule has 0 bridgehead atoms. The number of hydrogen-bond donors (Lipinski definition) is 1. The first-order valence-corrected chi connectivity index (χ1v) is 10.8. The van der Waals surface area contributed by atoms with Crippen LogP contribution in [0.15, 0.2) is 42.5 Å². The smallest absolute Gasteiger partial charge is 0.227 e. The number of carbonyl (C=O) groups is 2. The zero-order valence-electron chi connectivity index (χ0n) is 16.7. The van der Waals surface area contributed by atoms with Gasteiger partial charge >= 0.3 is 0 Å². The van der Waals surface area contributed by atoms with Crippen LogP contribution >= 0.6 is 11.3 Å². The summed E-state index contributed by atoms with van der Waals surface area (Å²) in [6, 6.07) is 12.2. The predicted molar refractivity (Wildman–Crippen MR) is 117 cm³/mol. The third-order valence-electron chi connectivity index (χ3n) is 5.20. The number of piperazine rings is 1. The van der Waals surface area contributed by atoms with E-state index in [9.17, 15) is 14.0 Å². The van der Waals surface area contributed by atoms with Gasteiger partial charge in [0.05, 0.1) is 16.6 Å². The van der Waals surface area contributed by atoms with E-state index in [0.29, 0.717) is 31.1 Å². The number of rotatable bonds is 5. The Bertz CT molecular complexity index is 1060. The third kappa shape index (κ3) is 4.59. The van der Waals surface area contributed by atoms with Gasteiger partial charge in [-0.2, -0.15) is 0 Å². The van der Waals surface area contributed by atoms with Crippen molar-refractivity contribution >= 4 is 44.2 Å². The monoisotopic (exact) mass is 426 g/mol. The number of aromatic nitrogens is 1. The second-order valence-electron chi connectivity index (χ2n) is 7.24. The van der Waals surface area contributed by atoms with Crippen molar-refractivity contribution in [2.24, 2.45) is 0 Å². The number of nitrogens with one attached hydrogen (secondary N) is 1. The minimum Gasteiger partial charge on any atom is -0.368 e. The van der Waals surface area contributed by atoms with Gasteiger partial charge in [-0.15, -0.1) is 0 Å². The first kappa shape index (κ1) is 20.3. The molecule has 2 amide bonds. The lowest BCUT2D eigenvalue weighted by Crippen LogP contribution is -2.49. The third-order valence-corrected chi connectivity index (χ3v) is 6.13. The summed E-state index contributed by atoms with van der Waals surface area (Å²) < 4.78 is 14.1. The van der Waals surface area contributed by atoms with Crippen LogP contribution < -0.4 is 10.2 Å². The number of hydrogen-bond acceptors (Lipinski definition) is 5. The van der Waals surface area contributed by atoms with Crippen LogP contribution in [-0.4, -0.2) is 47.9 Å². The number of amides is 2. The summed E-state index contributed by atoms with van der Waals surface area (Å²) in [5.74, 6) is -0.216. The summed E-state index contributed by atoms with van der Waals surface area (Å²) >= 11 is 1.42.